The van der Waals surface area contributed by atoms with E-state index in [1.807, 2.05) is 0 Å². The first-order chi connectivity index (χ1) is 14.5. The summed E-state index contributed by atoms with van der Waals surface area (Å²) >= 11 is 0. The van der Waals surface area contributed by atoms with E-state index in [2.05, 4.69) is 111 Å². The molecule has 0 radical (unpaired) electrons. The van der Waals surface area contributed by atoms with Crippen LogP contribution in [0.5, 0.6) is 0 Å². The van der Waals surface area contributed by atoms with Gasteiger partial charge in [0.1, 0.15) is 5.22 Å². The topological polar surface area (TPSA) is 18.5 Å². The van der Waals surface area contributed by atoms with Gasteiger partial charge in [0.25, 0.3) is 8.32 Å². The Labute approximate surface area is 183 Å². The summed E-state index contributed by atoms with van der Waals surface area (Å²) in [5.74, 6) is 0. The van der Waals surface area contributed by atoms with Gasteiger partial charge < -0.3 is 8.85 Å². The van der Waals surface area contributed by atoms with Crippen molar-refractivity contribution in [1.29, 1.82) is 0 Å². The molecule has 30 heavy (non-hydrogen) atoms. The van der Waals surface area contributed by atoms with Gasteiger partial charge in [-0.1, -0.05) is 91.0 Å². The van der Waals surface area contributed by atoms with Crippen molar-refractivity contribution in [1.82, 2.24) is 0 Å². The first-order valence-electron chi connectivity index (χ1n) is 11.0. The molecule has 4 heteroatoms. The second-order valence-electron chi connectivity index (χ2n) is 9.13. The lowest BCUT2D eigenvalue weighted by atomic mass is 10.0. The van der Waals surface area contributed by atoms with Gasteiger partial charge in [-0.15, -0.1) is 0 Å². The highest BCUT2D eigenvalue weighted by molar-refractivity contribution is 7.03. The molecule has 1 heterocycles. The van der Waals surface area contributed by atoms with Crippen molar-refractivity contribution in [3.63, 3.8) is 0 Å². The first-order valence-corrected chi connectivity index (χ1v) is 16.3. The SMILES string of the molecule is C[Si](C)(C)O[Si](c1ccccc1)(c1ccccc1)C1(c2ccccc2)CCCCO1. The second kappa shape index (κ2) is 8.63. The van der Waals surface area contributed by atoms with Crippen molar-refractivity contribution < 1.29 is 8.85 Å². The minimum absolute atomic E-state index is 0.449. The van der Waals surface area contributed by atoms with E-state index in [0.29, 0.717) is 0 Å². The van der Waals surface area contributed by atoms with Gasteiger partial charge >= 0.3 is 0 Å². The lowest BCUT2D eigenvalue weighted by molar-refractivity contribution is -0.0359. The lowest BCUT2D eigenvalue weighted by Crippen LogP contribution is -2.77. The Bertz CT molecular complexity index is 892. The summed E-state index contributed by atoms with van der Waals surface area (Å²) < 4.78 is 14.4. The zero-order valence-electron chi connectivity index (χ0n) is 18.3. The molecule has 2 nitrogen and oxygen atoms in total. The monoisotopic (exact) mass is 432 g/mol. The van der Waals surface area contributed by atoms with Gasteiger partial charge in [-0.3, -0.25) is 0 Å². The highest BCUT2D eigenvalue weighted by Crippen LogP contribution is 2.44. The molecule has 1 aliphatic rings. The standard InChI is InChI=1S/C26H32O2Si2/c1-29(2,3)28-30(24-17-9-5-10-18-24,25-19-11-6-12-20-25)26(21-13-14-22-27-26)23-15-7-4-8-16-23/h4-12,15-20H,13-14,21-22H2,1-3H3. The van der Waals surface area contributed by atoms with E-state index < -0.39 is 21.9 Å². The highest BCUT2D eigenvalue weighted by Gasteiger charge is 2.61. The molecule has 1 unspecified atom stereocenters. The summed E-state index contributed by atoms with van der Waals surface area (Å²) in [6, 6.07) is 32.7. The number of rotatable bonds is 6. The summed E-state index contributed by atoms with van der Waals surface area (Å²) in [6.45, 7) is 7.70. The average molecular weight is 433 g/mol. The van der Waals surface area contributed by atoms with Crippen molar-refractivity contribution in [2.75, 3.05) is 6.61 Å². The second-order valence-corrected chi connectivity index (χ2v) is 17.5. The molecule has 0 spiro atoms. The van der Waals surface area contributed by atoms with Crippen LogP contribution in [0.4, 0.5) is 0 Å². The van der Waals surface area contributed by atoms with Crippen LogP contribution in [-0.4, -0.2) is 23.2 Å². The summed E-state index contributed by atoms with van der Waals surface area (Å²) in [5.41, 5.74) is 1.25. The Hall–Kier alpha value is -1.99. The predicted molar refractivity (Wildman–Crippen MR) is 130 cm³/mol. The maximum absolute atomic E-state index is 7.45. The maximum Gasteiger partial charge on any atom is 0.282 e. The zero-order valence-corrected chi connectivity index (χ0v) is 20.3. The van der Waals surface area contributed by atoms with Crippen LogP contribution in [-0.2, 0) is 14.1 Å². The van der Waals surface area contributed by atoms with Gasteiger partial charge in [0.2, 0.25) is 0 Å². The van der Waals surface area contributed by atoms with Gasteiger partial charge in [0, 0.05) is 6.61 Å². The van der Waals surface area contributed by atoms with Gasteiger partial charge in [-0.25, -0.2) is 0 Å². The van der Waals surface area contributed by atoms with Crippen molar-refractivity contribution in [2.45, 2.75) is 44.1 Å². The zero-order chi connectivity index (χ0) is 21.1. The van der Waals surface area contributed by atoms with Crippen molar-refractivity contribution in [3.05, 3.63) is 96.6 Å². The lowest BCUT2D eigenvalue weighted by Gasteiger charge is -2.53. The summed E-state index contributed by atoms with van der Waals surface area (Å²) in [6.07, 6.45) is 3.24. The minimum atomic E-state index is -2.83. The number of hydrogen-bond acceptors (Lipinski definition) is 2. The van der Waals surface area contributed by atoms with Crippen LogP contribution >= 0.6 is 0 Å². The largest absolute Gasteiger partial charge is 0.447 e. The van der Waals surface area contributed by atoms with E-state index >= 15 is 0 Å². The van der Waals surface area contributed by atoms with Crippen LogP contribution in [0.3, 0.4) is 0 Å². The number of hydrogen-bond donors (Lipinski definition) is 0. The van der Waals surface area contributed by atoms with Crippen molar-refractivity contribution in [2.24, 2.45) is 0 Å². The maximum atomic E-state index is 7.45. The van der Waals surface area contributed by atoms with Gasteiger partial charge in [0.15, 0.2) is 8.32 Å². The molecule has 3 aromatic carbocycles. The Morgan fingerprint density at radius 2 is 1.20 bits per heavy atom. The molecule has 0 N–H and O–H groups in total. The molecule has 0 saturated carbocycles. The Kier molecular flexibility index (Phi) is 6.12. The van der Waals surface area contributed by atoms with E-state index in [4.69, 9.17) is 8.85 Å². The average Bonchev–Trinajstić information content (AvgIpc) is 2.79. The summed E-state index contributed by atoms with van der Waals surface area (Å²) in [7, 11) is -4.77. The molecule has 0 bridgehead atoms. The van der Waals surface area contributed by atoms with Crippen LogP contribution in [0, 0.1) is 0 Å². The van der Waals surface area contributed by atoms with Crippen LogP contribution < -0.4 is 10.4 Å². The molecule has 0 aromatic heterocycles. The van der Waals surface area contributed by atoms with Gasteiger partial charge in [-0.2, -0.15) is 0 Å². The van der Waals surface area contributed by atoms with Crippen LogP contribution in [0.25, 0.3) is 0 Å². The number of ether oxygens (including phenoxy) is 1. The van der Waals surface area contributed by atoms with E-state index in [1.54, 1.807) is 0 Å². The van der Waals surface area contributed by atoms with E-state index in [0.717, 1.165) is 25.9 Å². The molecular formula is C26H32O2Si2. The molecule has 1 aliphatic heterocycles. The van der Waals surface area contributed by atoms with E-state index in [9.17, 15) is 0 Å². The fourth-order valence-corrected chi connectivity index (χ4v) is 14.1. The minimum Gasteiger partial charge on any atom is -0.447 e. The fourth-order valence-electron chi connectivity index (χ4n) is 4.85. The quantitative estimate of drug-likeness (QED) is 0.496. The molecule has 1 fully saturated rings. The summed E-state index contributed by atoms with van der Waals surface area (Å²) in [5, 5.41) is 2.14. The molecule has 156 valence electrons. The molecule has 0 amide bonds. The predicted octanol–water partition coefficient (Wildman–Crippen LogP) is 5.23. The summed E-state index contributed by atoms with van der Waals surface area (Å²) in [4.78, 5) is 0. The number of benzene rings is 3. The Morgan fingerprint density at radius 1 is 0.700 bits per heavy atom. The molecule has 0 aliphatic carbocycles. The van der Waals surface area contributed by atoms with Crippen LogP contribution in [0.2, 0.25) is 19.6 Å². The van der Waals surface area contributed by atoms with Crippen LogP contribution in [0.15, 0.2) is 91.0 Å². The molecule has 4 rings (SSSR count). The van der Waals surface area contributed by atoms with E-state index in [-0.39, 0.29) is 0 Å². The third kappa shape index (κ3) is 3.85. The van der Waals surface area contributed by atoms with Crippen molar-refractivity contribution >= 4 is 27.0 Å². The van der Waals surface area contributed by atoms with E-state index in [1.165, 1.54) is 15.9 Å². The molecular weight excluding hydrogens is 400 g/mol. The van der Waals surface area contributed by atoms with Gasteiger partial charge in [0.05, 0.1) is 0 Å². The van der Waals surface area contributed by atoms with Crippen molar-refractivity contribution in [3.8, 4) is 0 Å². The normalized spacial score (nSPS) is 20.1. The molecule has 3 aromatic rings. The van der Waals surface area contributed by atoms with Crippen LogP contribution in [0.1, 0.15) is 24.8 Å². The van der Waals surface area contributed by atoms with Gasteiger partial charge in [-0.05, 0) is 54.8 Å². The molecule has 1 atom stereocenters. The third-order valence-electron chi connectivity index (χ3n) is 5.90. The smallest absolute Gasteiger partial charge is 0.282 e. The third-order valence-corrected chi connectivity index (χ3v) is 13.7. The Balaban J connectivity index is 2.09. The highest BCUT2D eigenvalue weighted by atomic mass is 28.4. The molecule has 1 saturated heterocycles. The first kappa shape index (κ1) is 21.3. The Morgan fingerprint density at radius 3 is 1.63 bits per heavy atom. The fraction of sp³-hybridized carbons (Fsp3) is 0.308.